The molecule has 2 aromatic heterocycles. The summed E-state index contributed by atoms with van der Waals surface area (Å²) in [4.78, 5) is 41.6. The summed E-state index contributed by atoms with van der Waals surface area (Å²) < 4.78 is 32.9. The molecule has 0 aromatic carbocycles. The molecule has 3 rings (SSSR count). The van der Waals surface area contributed by atoms with E-state index in [0.717, 1.165) is 29.2 Å². The van der Waals surface area contributed by atoms with Gasteiger partial charge in [0, 0.05) is 51.4 Å². The van der Waals surface area contributed by atoms with Crippen molar-refractivity contribution in [2.24, 2.45) is 4.99 Å². The molecule has 1 atom stereocenters. The van der Waals surface area contributed by atoms with E-state index in [2.05, 4.69) is 48.9 Å². The highest BCUT2D eigenvalue weighted by molar-refractivity contribution is 7.13. The number of amides is 2. The van der Waals surface area contributed by atoms with E-state index in [1.807, 2.05) is 40.7 Å². The lowest BCUT2D eigenvalue weighted by Crippen LogP contribution is -2.50. The maximum atomic E-state index is 13.7. The van der Waals surface area contributed by atoms with Crippen LogP contribution in [0, 0.1) is 11.8 Å². The van der Waals surface area contributed by atoms with Crippen LogP contribution in [0.15, 0.2) is 47.9 Å². The molecule has 0 saturated carbocycles. The van der Waals surface area contributed by atoms with E-state index in [1.165, 1.54) is 12.4 Å². The zero-order chi connectivity index (χ0) is 34.1. The molecular weight excluding hydrogens is 616 g/mol. The fourth-order valence-corrected chi connectivity index (χ4v) is 5.07. The molecule has 248 valence electrons. The van der Waals surface area contributed by atoms with Gasteiger partial charge in [-0.15, -0.1) is 11.3 Å². The molecule has 2 amide bonds. The number of alkyl halides is 2. The van der Waals surface area contributed by atoms with Gasteiger partial charge >= 0.3 is 6.09 Å². The predicted molar refractivity (Wildman–Crippen MR) is 175 cm³/mol. The Hall–Kier alpha value is -4.19. The number of rotatable bonds is 10. The van der Waals surface area contributed by atoms with Crippen LogP contribution in [0.5, 0.6) is 5.75 Å². The molecule has 3 heterocycles. The number of aromatic hydroxyl groups is 1. The zero-order valence-corrected chi connectivity index (χ0v) is 27.8. The number of halogens is 2. The fraction of sp³-hybridized carbons (Fsp3) is 0.469. The summed E-state index contributed by atoms with van der Waals surface area (Å²) in [6.45, 7) is 17.3. The van der Waals surface area contributed by atoms with Crippen molar-refractivity contribution < 1.29 is 28.2 Å². The van der Waals surface area contributed by atoms with Crippen molar-refractivity contribution in [1.29, 1.82) is 0 Å². The van der Waals surface area contributed by atoms with E-state index < -0.39 is 28.7 Å². The number of piperazine rings is 1. The first-order valence-electron chi connectivity index (χ1n) is 14.7. The number of anilines is 1. The average Bonchev–Trinajstić information content (AvgIpc) is 3.47. The standard InChI is InChI=1S/C32H41F2N7O4S/c1-8-35-23(16-21(2)10-9-11-40-12-14-41(15-13-40)30(44)45-31(4,5)6)18-36-22(3)29-38-20-26(46-29)28(43)39-27-17-24(32(7,33)34)25(42)19-37-27/h8,16-17,19-20,22,36,42H,1,11-15,18H2,2-7H3,(H,37,39,43)/b21-16+,35-23?. The average molecular weight is 658 g/mol. The minimum atomic E-state index is -3.30. The normalized spacial score (nSPS) is 15.5. The van der Waals surface area contributed by atoms with Crippen LogP contribution < -0.4 is 10.6 Å². The molecule has 1 saturated heterocycles. The van der Waals surface area contributed by atoms with Crippen LogP contribution >= 0.6 is 11.3 Å². The highest BCUT2D eigenvalue weighted by atomic mass is 32.1. The van der Waals surface area contributed by atoms with Crippen molar-refractivity contribution in [2.45, 2.75) is 59.1 Å². The topological polar surface area (TPSA) is 132 Å². The second-order valence-corrected chi connectivity index (χ2v) is 12.8. The Bertz CT molecular complexity index is 1530. The Balaban J connectivity index is 1.51. The number of carbonyl (C=O) groups excluding carboxylic acids is 2. The summed E-state index contributed by atoms with van der Waals surface area (Å²) in [6.07, 6.45) is 5.30. The van der Waals surface area contributed by atoms with Crippen LogP contribution in [-0.2, 0) is 10.7 Å². The first-order chi connectivity index (χ1) is 21.6. The lowest BCUT2D eigenvalue weighted by Gasteiger charge is -2.34. The third kappa shape index (κ3) is 11.3. The molecule has 1 aliphatic rings. The van der Waals surface area contributed by atoms with E-state index in [4.69, 9.17) is 4.74 Å². The number of nitrogens with zero attached hydrogens (tertiary/aromatic N) is 5. The molecule has 46 heavy (non-hydrogen) atoms. The third-order valence-corrected chi connectivity index (χ3v) is 7.74. The molecule has 3 N–H and O–H groups in total. The first kappa shape index (κ1) is 36.3. The number of pyridine rings is 1. The van der Waals surface area contributed by atoms with Gasteiger partial charge in [0.1, 0.15) is 27.1 Å². The summed E-state index contributed by atoms with van der Waals surface area (Å²) in [5, 5.41) is 16.1. The van der Waals surface area contributed by atoms with Gasteiger partial charge in [0.2, 0.25) is 0 Å². The lowest BCUT2D eigenvalue weighted by atomic mass is 10.1. The van der Waals surface area contributed by atoms with Crippen molar-refractivity contribution in [3.05, 3.63) is 58.3 Å². The maximum absolute atomic E-state index is 13.7. The highest BCUT2D eigenvalue weighted by Crippen LogP contribution is 2.34. The van der Waals surface area contributed by atoms with Crippen molar-refractivity contribution >= 4 is 34.9 Å². The van der Waals surface area contributed by atoms with Crippen LogP contribution in [0.25, 0.3) is 0 Å². The second-order valence-electron chi connectivity index (χ2n) is 11.8. The molecule has 14 heteroatoms. The molecule has 1 fully saturated rings. The number of hydrogen-bond donors (Lipinski definition) is 3. The summed E-state index contributed by atoms with van der Waals surface area (Å²) in [5.41, 5.74) is 0.371. The van der Waals surface area contributed by atoms with Crippen LogP contribution in [0.2, 0.25) is 0 Å². The largest absolute Gasteiger partial charge is 0.506 e. The molecular formula is C32H41F2N7O4S. The molecule has 1 unspecified atom stereocenters. The van der Waals surface area contributed by atoms with Gasteiger partial charge in [0.25, 0.3) is 11.8 Å². The summed E-state index contributed by atoms with van der Waals surface area (Å²) in [6, 6.07) is 0.701. The van der Waals surface area contributed by atoms with E-state index >= 15 is 0 Å². The lowest BCUT2D eigenvalue weighted by molar-refractivity contribution is 0.0144. The summed E-state index contributed by atoms with van der Waals surface area (Å²) >= 11 is 1.15. The molecule has 0 radical (unpaired) electrons. The smallest absolute Gasteiger partial charge is 0.410 e. The Morgan fingerprint density at radius 3 is 2.54 bits per heavy atom. The second kappa shape index (κ2) is 15.9. The van der Waals surface area contributed by atoms with Crippen LogP contribution in [0.3, 0.4) is 0 Å². The van der Waals surface area contributed by atoms with Gasteiger partial charge in [-0.25, -0.2) is 23.5 Å². The molecule has 1 aliphatic heterocycles. The molecule has 0 aliphatic carbocycles. The number of aliphatic imine (C=N–C) groups is 1. The number of ether oxygens (including phenoxy) is 1. The van der Waals surface area contributed by atoms with E-state index in [1.54, 1.807) is 4.90 Å². The van der Waals surface area contributed by atoms with Crippen molar-refractivity contribution in [3.8, 4) is 17.6 Å². The minimum Gasteiger partial charge on any atom is -0.506 e. The number of thiazole rings is 1. The van der Waals surface area contributed by atoms with Gasteiger partial charge in [0.15, 0.2) is 0 Å². The van der Waals surface area contributed by atoms with Crippen LogP contribution in [-0.4, -0.2) is 87.5 Å². The van der Waals surface area contributed by atoms with Crippen LogP contribution in [0.4, 0.5) is 19.4 Å². The van der Waals surface area contributed by atoms with Crippen LogP contribution in [0.1, 0.15) is 67.8 Å². The first-order valence-corrected chi connectivity index (χ1v) is 15.5. The zero-order valence-electron chi connectivity index (χ0n) is 27.0. The summed E-state index contributed by atoms with van der Waals surface area (Å²) in [5.74, 6) is 1.71. The van der Waals surface area contributed by atoms with Gasteiger partial charge in [-0.3, -0.25) is 14.7 Å². The SMILES string of the molecule is C=CN=C(/C=C(\C)C#CCN1CCN(C(=O)OC(C)(C)C)CC1)CNC(C)c1ncc(C(=O)Nc2cc(C(C)(F)F)c(O)cn2)s1. The number of nitrogens with one attached hydrogen (secondary N) is 2. The summed E-state index contributed by atoms with van der Waals surface area (Å²) in [7, 11) is 0. The van der Waals surface area contributed by atoms with Gasteiger partial charge in [0.05, 0.1) is 36.3 Å². The number of allylic oxidation sites excluding steroid dienone is 1. The number of hydrogen-bond acceptors (Lipinski definition) is 10. The van der Waals surface area contributed by atoms with Crippen molar-refractivity contribution in [2.75, 3.05) is 44.6 Å². The number of aromatic nitrogens is 2. The maximum Gasteiger partial charge on any atom is 0.410 e. The quantitative estimate of drug-likeness (QED) is 0.230. The van der Waals surface area contributed by atoms with E-state index in [-0.39, 0.29) is 22.8 Å². The van der Waals surface area contributed by atoms with Crippen molar-refractivity contribution in [3.63, 3.8) is 0 Å². The van der Waals surface area contributed by atoms with E-state index in [0.29, 0.717) is 56.9 Å². The van der Waals surface area contributed by atoms with Gasteiger partial charge in [-0.05, 0) is 46.8 Å². The Labute approximate surface area is 272 Å². The molecule has 2 aromatic rings. The predicted octanol–water partition coefficient (Wildman–Crippen LogP) is 5.35. The Kier molecular flexibility index (Phi) is 12.5. The van der Waals surface area contributed by atoms with Gasteiger partial charge < -0.3 is 25.4 Å². The fourth-order valence-electron chi connectivity index (χ4n) is 4.23. The molecule has 0 spiro atoms. The van der Waals surface area contributed by atoms with Crippen molar-refractivity contribution in [1.82, 2.24) is 25.1 Å². The van der Waals surface area contributed by atoms with Gasteiger partial charge in [-0.2, -0.15) is 0 Å². The monoisotopic (exact) mass is 657 g/mol. The molecule has 0 bridgehead atoms. The molecule has 11 nitrogen and oxygen atoms in total. The highest BCUT2D eigenvalue weighted by Gasteiger charge is 2.29. The third-order valence-electron chi connectivity index (χ3n) is 6.56. The van der Waals surface area contributed by atoms with E-state index in [9.17, 15) is 23.5 Å². The number of carbonyl (C=O) groups is 2. The Morgan fingerprint density at radius 1 is 1.22 bits per heavy atom. The Morgan fingerprint density at radius 2 is 1.91 bits per heavy atom. The minimum absolute atomic E-state index is 0.114. The van der Waals surface area contributed by atoms with Gasteiger partial charge in [-0.1, -0.05) is 18.4 Å².